The lowest BCUT2D eigenvalue weighted by atomic mass is 10.1. The molecule has 0 saturated carbocycles. The van der Waals surface area contributed by atoms with Gasteiger partial charge in [0.2, 0.25) is 0 Å². The second kappa shape index (κ2) is 8.22. The van der Waals surface area contributed by atoms with Gasteiger partial charge in [0.05, 0.1) is 5.69 Å². The number of amides is 1. The van der Waals surface area contributed by atoms with Crippen molar-refractivity contribution in [3.8, 4) is 5.75 Å². The topological polar surface area (TPSA) is 69.3 Å². The van der Waals surface area contributed by atoms with Crippen molar-refractivity contribution in [2.24, 2.45) is 0 Å². The molecule has 1 N–H and O–H groups in total. The molecule has 4 rings (SSSR count). The van der Waals surface area contributed by atoms with Gasteiger partial charge in [-0.05, 0) is 37.4 Å². The summed E-state index contributed by atoms with van der Waals surface area (Å²) in [5, 5.41) is 9.42. The van der Waals surface area contributed by atoms with Gasteiger partial charge in [-0.1, -0.05) is 36.4 Å². The van der Waals surface area contributed by atoms with Crippen molar-refractivity contribution in [3.05, 3.63) is 83.6 Å². The summed E-state index contributed by atoms with van der Waals surface area (Å²) in [6, 6.07) is 17.4. The SMILES string of the molecule is CCn1cc(CNC(=O)c2ccc(COc3cccc4ccccc34)o2)c(C)n1. The second-order valence-corrected chi connectivity index (χ2v) is 6.81. The minimum atomic E-state index is -0.259. The van der Waals surface area contributed by atoms with Crippen LogP contribution in [0, 0.1) is 6.92 Å². The molecule has 0 aliphatic heterocycles. The van der Waals surface area contributed by atoms with Crippen molar-refractivity contribution in [3.63, 3.8) is 0 Å². The molecule has 0 radical (unpaired) electrons. The molecule has 0 aliphatic rings. The number of benzene rings is 2. The monoisotopic (exact) mass is 389 g/mol. The molecule has 0 aliphatic carbocycles. The van der Waals surface area contributed by atoms with E-state index < -0.39 is 0 Å². The Morgan fingerprint density at radius 3 is 2.79 bits per heavy atom. The fourth-order valence-corrected chi connectivity index (χ4v) is 3.21. The fourth-order valence-electron chi connectivity index (χ4n) is 3.21. The van der Waals surface area contributed by atoms with Gasteiger partial charge >= 0.3 is 0 Å². The Morgan fingerprint density at radius 2 is 1.97 bits per heavy atom. The van der Waals surface area contributed by atoms with Crippen LogP contribution in [0.5, 0.6) is 5.75 Å². The number of nitrogens with one attached hydrogen (secondary N) is 1. The number of rotatable bonds is 7. The first-order valence-electron chi connectivity index (χ1n) is 9.64. The molecule has 0 spiro atoms. The van der Waals surface area contributed by atoms with E-state index in [1.807, 2.05) is 67.2 Å². The Kier molecular flexibility index (Phi) is 5.33. The molecular formula is C23H23N3O3. The van der Waals surface area contributed by atoms with Crippen LogP contribution in [0.4, 0.5) is 0 Å². The predicted octanol–water partition coefficient (Wildman–Crippen LogP) is 4.47. The summed E-state index contributed by atoms with van der Waals surface area (Å²) in [7, 11) is 0. The predicted molar refractivity (Wildman–Crippen MR) is 111 cm³/mol. The Hall–Kier alpha value is -3.54. The Bertz CT molecular complexity index is 1140. The van der Waals surface area contributed by atoms with Crippen LogP contribution in [0.3, 0.4) is 0 Å². The third-order valence-corrected chi connectivity index (χ3v) is 4.82. The molecule has 0 fully saturated rings. The number of furan rings is 1. The number of carbonyl (C=O) groups is 1. The molecule has 6 nitrogen and oxygen atoms in total. The maximum atomic E-state index is 12.4. The summed E-state index contributed by atoms with van der Waals surface area (Å²) >= 11 is 0. The summed E-state index contributed by atoms with van der Waals surface area (Å²) in [4.78, 5) is 12.4. The van der Waals surface area contributed by atoms with E-state index in [2.05, 4.69) is 10.4 Å². The summed E-state index contributed by atoms with van der Waals surface area (Å²) in [5.74, 6) is 1.39. The Morgan fingerprint density at radius 1 is 1.14 bits per heavy atom. The molecule has 148 valence electrons. The van der Waals surface area contributed by atoms with E-state index in [0.717, 1.165) is 34.3 Å². The van der Waals surface area contributed by atoms with E-state index >= 15 is 0 Å². The highest BCUT2D eigenvalue weighted by Crippen LogP contribution is 2.26. The lowest BCUT2D eigenvalue weighted by Gasteiger charge is -2.08. The quantitative estimate of drug-likeness (QED) is 0.506. The van der Waals surface area contributed by atoms with Crippen LogP contribution in [-0.2, 0) is 19.7 Å². The first-order valence-corrected chi connectivity index (χ1v) is 9.64. The maximum absolute atomic E-state index is 12.4. The molecule has 0 atom stereocenters. The number of aromatic nitrogens is 2. The largest absolute Gasteiger partial charge is 0.485 e. The molecule has 6 heteroatoms. The molecule has 0 unspecified atom stereocenters. The van der Waals surface area contributed by atoms with Crippen LogP contribution in [0.2, 0.25) is 0 Å². The van der Waals surface area contributed by atoms with Crippen LogP contribution in [0.15, 0.2) is 65.2 Å². The zero-order chi connectivity index (χ0) is 20.2. The van der Waals surface area contributed by atoms with Crippen molar-refractivity contribution in [1.29, 1.82) is 0 Å². The van der Waals surface area contributed by atoms with E-state index in [1.165, 1.54) is 0 Å². The van der Waals surface area contributed by atoms with Crippen molar-refractivity contribution in [1.82, 2.24) is 15.1 Å². The van der Waals surface area contributed by atoms with Gasteiger partial charge in [-0.25, -0.2) is 0 Å². The highest BCUT2D eigenvalue weighted by atomic mass is 16.5. The highest BCUT2D eigenvalue weighted by molar-refractivity contribution is 5.91. The first kappa shape index (κ1) is 18.8. The number of hydrogen-bond donors (Lipinski definition) is 1. The third kappa shape index (κ3) is 4.16. The van der Waals surface area contributed by atoms with Crippen molar-refractivity contribution in [2.45, 2.75) is 33.5 Å². The van der Waals surface area contributed by atoms with Crippen LogP contribution in [-0.4, -0.2) is 15.7 Å². The molecule has 0 bridgehead atoms. The molecule has 2 aromatic carbocycles. The highest BCUT2D eigenvalue weighted by Gasteiger charge is 2.13. The van der Waals surface area contributed by atoms with Crippen molar-refractivity contribution < 1.29 is 13.9 Å². The molecule has 0 saturated heterocycles. The average molecular weight is 389 g/mol. The zero-order valence-corrected chi connectivity index (χ0v) is 16.5. The summed E-state index contributed by atoms with van der Waals surface area (Å²) in [6.45, 7) is 5.42. The number of carbonyl (C=O) groups excluding carboxylic acids is 1. The minimum Gasteiger partial charge on any atom is -0.485 e. The number of aryl methyl sites for hydroxylation is 2. The van der Waals surface area contributed by atoms with Gasteiger partial charge in [0.1, 0.15) is 18.1 Å². The van der Waals surface area contributed by atoms with Gasteiger partial charge in [-0.3, -0.25) is 9.48 Å². The van der Waals surface area contributed by atoms with Gasteiger partial charge in [-0.15, -0.1) is 0 Å². The smallest absolute Gasteiger partial charge is 0.287 e. The zero-order valence-electron chi connectivity index (χ0n) is 16.5. The minimum absolute atomic E-state index is 0.254. The van der Waals surface area contributed by atoms with Gasteiger partial charge in [0.25, 0.3) is 5.91 Å². The number of fused-ring (bicyclic) bond motifs is 1. The van der Waals surface area contributed by atoms with Crippen molar-refractivity contribution in [2.75, 3.05) is 0 Å². The molecule has 29 heavy (non-hydrogen) atoms. The standard InChI is InChI=1S/C23H23N3O3/c1-3-26-14-18(16(2)25-26)13-24-23(27)22-12-11-19(29-22)15-28-21-10-6-8-17-7-4-5-9-20(17)21/h4-12,14H,3,13,15H2,1-2H3,(H,24,27). The van der Waals surface area contributed by atoms with E-state index in [9.17, 15) is 4.79 Å². The summed E-state index contributed by atoms with van der Waals surface area (Å²) < 4.78 is 13.4. The molecule has 4 aromatic rings. The van der Waals surface area contributed by atoms with Crippen LogP contribution in [0.1, 0.15) is 34.5 Å². The van der Waals surface area contributed by atoms with Gasteiger partial charge in [-0.2, -0.15) is 5.10 Å². The average Bonchev–Trinajstić information content (AvgIpc) is 3.37. The van der Waals surface area contributed by atoms with E-state index in [4.69, 9.17) is 9.15 Å². The normalized spacial score (nSPS) is 11.0. The molecule has 2 aromatic heterocycles. The number of nitrogens with zero attached hydrogens (tertiary/aromatic N) is 2. The lowest BCUT2D eigenvalue weighted by Crippen LogP contribution is -2.22. The summed E-state index contributed by atoms with van der Waals surface area (Å²) in [5.41, 5.74) is 1.90. The summed E-state index contributed by atoms with van der Waals surface area (Å²) in [6.07, 6.45) is 1.95. The van der Waals surface area contributed by atoms with E-state index in [0.29, 0.717) is 12.3 Å². The molecule has 2 heterocycles. The van der Waals surface area contributed by atoms with E-state index in [1.54, 1.807) is 12.1 Å². The molecular weight excluding hydrogens is 366 g/mol. The fraction of sp³-hybridized carbons (Fsp3) is 0.217. The second-order valence-electron chi connectivity index (χ2n) is 6.81. The van der Waals surface area contributed by atoms with E-state index in [-0.39, 0.29) is 18.3 Å². The van der Waals surface area contributed by atoms with Crippen molar-refractivity contribution >= 4 is 16.7 Å². The van der Waals surface area contributed by atoms with Gasteiger partial charge < -0.3 is 14.5 Å². The first-order chi connectivity index (χ1) is 14.1. The van der Waals surface area contributed by atoms with Crippen LogP contribution < -0.4 is 10.1 Å². The lowest BCUT2D eigenvalue weighted by molar-refractivity contribution is 0.0919. The Labute approximate surface area is 169 Å². The maximum Gasteiger partial charge on any atom is 0.287 e. The van der Waals surface area contributed by atoms with Gasteiger partial charge in [0, 0.05) is 30.2 Å². The number of ether oxygens (including phenoxy) is 1. The Balaban J connectivity index is 1.37. The third-order valence-electron chi connectivity index (χ3n) is 4.82. The molecule has 1 amide bonds. The van der Waals surface area contributed by atoms with Crippen LogP contribution >= 0.6 is 0 Å². The van der Waals surface area contributed by atoms with Crippen LogP contribution in [0.25, 0.3) is 10.8 Å². The van der Waals surface area contributed by atoms with Gasteiger partial charge in [0.15, 0.2) is 5.76 Å². The number of hydrogen-bond acceptors (Lipinski definition) is 4.